The molecule has 1 aromatic rings. The van der Waals surface area contributed by atoms with E-state index in [1.54, 1.807) is 24.3 Å². The number of ether oxygens (including phenoxy) is 2. The second-order valence-corrected chi connectivity index (χ2v) is 9.63. The predicted molar refractivity (Wildman–Crippen MR) is 110 cm³/mol. The van der Waals surface area contributed by atoms with E-state index in [4.69, 9.17) is 44.3 Å². The van der Waals surface area contributed by atoms with Gasteiger partial charge in [0.05, 0.1) is 16.7 Å². The van der Waals surface area contributed by atoms with Crippen LogP contribution in [0.1, 0.15) is 29.8 Å². The van der Waals surface area contributed by atoms with E-state index >= 15 is 0 Å². The second-order valence-electron chi connectivity index (χ2n) is 6.50. The van der Waals surface area contributed by atoms with Crippen LogP contribution < -0.4 is 10.6 Å². The second kappa shape index (κ2) is 9.36. The summed E-state index contributed by atoms with van der Waals surface area (Å²) >= 11 is 20.3. The molecule has 11 heteroatoms. The Kier molecular flexibility index (Phi) is 7.33. The average Bonchev–Trinajstić information content (AvgIpc) is 3.23. The highest BCUT2D eigenvalue weighted by molar-refractivity contribution is 9.10. The summed E-state index contributed by atoms with van der Waals surface area (Å²) in [7, 11) is 0. The summed E-state index contributed by atoms with van der Waals surface area (Å²) in [4.78, 5) is 27.6. The highest BCUT2D eigenvalue weighted by Gasteiger charge is 2.40. The number of hydrogen-bond acceptors (Lipinski definition) is 4. The lowest BCUT2D eigenvalue weighted by Crippen LogP contribution is -2.56. The molecule has 1 fully saturated rings. The Bertz CT molecular complexity index is 746. The molecule has 1 aromatic heterocycles. The number of aromatic nitrogens is 1. The van der Waals surface area contributed by atoms with Gasteiger partial charge in [-0.25, -0.2) is 0 Å². The standard InChI is InChI=1S/C17H19BrCl3N3O4/c18-12-7-5-10(22-12)15(25)23-9-4-6-11(28-13-3-1-2-8-27-13)14(9)24-16(26)17(19,20)21/h4-7,9,11,13-14,22H,1-3,8H2,(H,23,25)(H,24,26)/t9-,11-,13?,14+/m1/s1. The average molecular weight is 516 g/mol. The van der Waals surface area contributed by atoms with Gasteiger partial charge in [0, 0.05) is 6.61 Å². The summed E-state index contributed by atoms with van der Waals surface area (Å²) in [6, 6.07) is 2.14. The highest BCUT2D eigenvalue weighted by atomic mass is 79.9. The summed E-state index contributed by atoms with van der Waals surface area (Å²) in [5, 5.41) is 5.50. The Hall–Kier alpha value is -0.770. The summed E-state index contributed by atoms with van der Waals surface area (Å²) in [5.74, 6) is -1.14. The number of carbonyl (C=O) groups excluding carboxylic acids is 2. The molecular weight excluding hydrogens is 496 g/mol. The van der Waals surface area contributed by atoms with Crippen LogP contribution in [0.15, 0.2) is 28.9 Å². The normalized spacial score (nSPS) is 27.6. The number of hydrogen-bond donors (Lipinski definition) is 3. The fourth-order valence-electron chi connectivity index (χ4n) is 3.07. The van der Waals surface area contributed by atoms with Gasteiger partial charge in [-0.15, -0.1) is 0 Å². The molecule has 0 saturated carbocycles. The molecule has 2 aliphatic rings. The van der Waals surface area contributed by atoms with Crippen LogP contribution in [0, 0.1) is 0 Å². The number of nitrogens with one attached hydrogen (secondary N) is 3. The smallest absolute Gasteiger partial charge is 0.272 e. The van der Waals surface area contributed by atoms with Crippen molar-refractivity contribution in [2.75, 3.05) is 6.61 Å². The van der Waals surface area contributed by atoms with Crippen LogP contribution in [0.25, 0.3) is 0 Å². The zero-order valence-electron chi connectivity index (χ0n) is 14.6. The Morgan fingerprint density at radius 3 is 2.61 bits per heavy atom. The summed E-state index contributed by atoms with van der Waals surface area (Å²) < 4.78 is 10.1. The Morgan fingerprint density at radius 1 is 1.21 bits per heavy atom. The maximum atomic E-state index is 12.5. The van der Waals surface area contributed by atoms with Gasteiger partial charge in [0.1, 0.15) is 11.8 Å². The highest BCUT2D eigenvalue weighted by Crippen LogP contribution is 2.28. The Morgan fingerprint density at radius 2 is 2.00 bits per heavy atom. The molecule has 3 rings (SSSR count). The molecule has 1 unspecified atom stereocenters. The van der Waals surface area contributed by atoms with E-state index in [0.717, 1.165) is 19.3 Å². The van der Waals surface area contributed by atoms with Crippen LogP contribution in [0.2, 0.25) is 0 Å². The maximum Gasteiger partial charge on any atom is 0.272 e. The van der Waals surface area contributed by atoms with Crippen molar-refractivity contribution < 1.29 is 19.1 Å². The first-order chi connectivity index (χ1) is 13.2. The van der Waals surface area contributed by atoms with Crippen molar-refractivity contribution in [3.63, 3.8) is 0 Å². The molecule has 0 bridgehead atoms. The van der Waals surface area contributed by atoms with Crippen molar-refractivity contribution >= 4 is 62.5 Å². The molecule has 7 nitrogen and oxygen atoms in total. The first kappa shape index (κ1) is 21.9. The topological polar surface area (TPSA) is 92.4 Å². The molecule has 1 aliphatic carbocycles. The van der Waals surface area contributed by atoms with Crippen molar-refractivity contribution in [3.8, 4) is 0 Å². The maximum absolute atomic E-state index is 12.5. The van der Waals surface area contributed by atoms with Gasteiger partial charge >= 0.3 is 0 Å². The van der Waals surface area contributed by atoms with Crippen LogP contribution in [-0.2, 0) is 14.3 Å². The monoisotopic (exact) mass is 513 g/mol. The summed E-state index contributed by atoms with van der Waals surface area (Å²) in [6.07, 6.45) is 5.31. The Labute approximate surface area is 185 Å². The molecule has 0 spiro atoms. The van der Waals surface area contributed by atoms with Gasteiger partial charge in [-0.1, -0.05) is 47.0 Å². The molecule has 2 amide bonds. The molecule has 154 valence electrons. The largest absolute Gasteiger partial charge is 0.353 e. The zero-order valence-corrected chi connectivity index (χ0v) is 18.4. The zero-order chi connectivity index (χ0) is 20.3. The van der Waals surface area contributed by atoms with Crippen LogP contribution in [0.5, 0.6) is 0 Å². The first-order valence-electron chi connectivity index (χ1n) is 8.72. The molecule has 0 radical (unpaired) electrons. The van der Waals surface area contributed by atoms with E-state index in [-0.39, 0.29) is 12.2 Å². The van der Waals surface area contributed by atoms with Gasteiger partial charge in [-0.05, 0) is 47.3 Å². The lowest BCUT2D eigenvalue weighted by atomic mass is 10.1. The molecule has 2 heterocycles. The van der Waals surface area contributed by atoms with Crippen molar-refractivity contribution in [2.45, 2.75) is 47.5 Å². The van der Waals surface area contributed by atoms with E-state index in [2.05, 4.69) is 31.5 Å². The van der Waals surface area contributed by atoms with Gasteiger partial charge in [0.2, 0.25) is 0 Å². The number of alkyl halides is 3. The van der Waals surface area contributed by atoms with Crippen LogP contribution in [-0.4, -0.2) is 51.7 Å². The molecular formula is C17H19BrCl3N3O4. The minimum absolute atomic E-state index is 0.344. The molecule has 0 aromatic carbocycles. The van der Waals surface area contributed by atoms with Gasteiger partial charge in [0.15, 0.2) is 6.29 Å². The van der Waals surface area contributed by atoms with Gasteiger partial charge in [-0.3, -0.25) is 9.59 Å². The number of aromatic amines is 1. The number of halogens is 4. The van der Waals surface area contributed by atoms with E-state index in [9.17, 15) is 9.59 Å². The van der Waals surface area contributed by atoms with Crippen LogP contribution in [0.4, 0.5) is 0 Å². The quantitative estimate of drug-likeness (QED) is 0.415. The molecule has 28 heavy (non-hydrogen) atoms. The van der Waals surface area contributed by atoms with E-state index in [1.165, 1.54) is 0 Å². The van der Waals surface area contributed by atoms with Crippen molar-refractivity contribution in [1.29, 1.82) is 0 Å². The molecule has 4 atom stereocenters. The van der Waals surface area contributed by atoms with Crippen LogP contribution in [0.3, 0.4) is 0 Å². The number of amides is 2. The summed E-state index contributed by atoms with van der Waals surface area (Å²) in [5.41, 5.74) is 0.367. The molecule has 3 N–H and O–H groups in total. The third-order valence-corrected chi connectivity index (χ3v) is 5.42. The van der Waals surface area contributed by atoms with E-state index in [0.29, 0.717) is 16.9 Å². The minimum atomic E-state index is -2.13. The van der Waals surface area contributed by atoms with Crippen molar-refractivity contribution in [1.82, 2.24) is 15.6 Å². The fourth-order valence-corrected chi connectivity index (χ4v) is 3.58. The third kappa shape index (κ3) is 5.64. The van der Waals surface area contributed by atoms with E-state index < -0.39 is 27.9 Å². The number of carbonyl (C=O) groups is 2. The minimum Gasteiger partial charge on any atom is -0.353 e. The molecule has 1 saturated heterocycles. The number of H-pyrrole nitrogens is 1. The van der Waals surface area contributed by atoms with Crippen molar-refractivity contribution in [2.24, 2.45) is 0 Å². The Balaban J connectivity index is 1.70. The lowest BCUT2D eigenvalue weighted by Gasteiger charge is -2.31. The fraction of sp³-hybridized carbons (Fsp3) is 0.529. The van der Waals surface area contributed by atoms with E-state index in [1.807, 2.05) is 0 Å². The summed E-state index contributed by atoms with van der Waals surface area (Å²) in [6.45, 7) is 0.619. The lowest BCUT2D eigenvalue weighted by molar-refractivity contribution is -0.183. The number of rotatable bonds is 5. The van der Waals surface area contributed by atoms with Gasteiger partial charge < -0.3 is 25.1 Å². The van der Waals surface area contributed by atoms with Crippen molar-refractivity contribution in [3.05, 3.63) is 34.6 Å². The predicted octanol–water partition coefficient (Wildman–Crippen LogP) is 3.21. The first-order valence-corrected chi connectivity index (χ1v) is 10.6. The molecule has 1 aliphatic heterocycles. The SMILES string of the molecule is O=C(N[C@@H]1C=C[C@@H](OC2CCCCO2)[C@H]1NC(=O)C(Cl)(Cl)Cl)c1ccc(Br)[nH]1. The third-order valence-electron chi connectivity index (χ3n) is 4.44. The van der Waals surface area contributed by atoms with Crippen LogP contribution >= 0.6 is 50.7 Å². The van der Waals surface area contributed by atoms with Gasteiger partial charge in [-0.2, -0.15) is 0 Å². The van der Waals surface area contributed by atoms with Gasteiger partial charge in [0.25, 0.3) is 15.6 Å².